The van der Waals surface area contributed by atoms with Crippen LogP contribution < -0.4 is 10.9 Å². The maximum Gasteiger partial charge on any atom is 0.262 e. The van der Waals surface area contributed by atoms with Crippen molar-refractivity contribution < 1.29 is 4.79 Å². The number of nitrogens with zero attached hydrogens (tertiary/aromatic N) is 1. The number of hydrogen-bond donors (Lipinski definition) is 2. The minimum atomic E-state index is -0.185. The lowest BCUT2D eigenvalue weighted by Gasteiger charge is -2.34. The lowest BCUT2D eigenvalue weighted by atomic mass is 9.78. The monoisotopic (exact) mass is 455 g/mol. The highest BCUT2D eigenvalue weighted by molar-refractivity contribution is 7.71. The summed E-state index contributed by atoms with van der Waals surface area (Å²) in [5.41, 5.74) is 1.84. The summed E-state index contributed by atoms with van der Waals surface area (Å²) in [6.45, 7) is 4.80. The lowest BCUT2D eigenvalue weighted by Crippen LogP contribution is -2.43. The number of carbonyl (C=O) groups is 1. The van der Waals surface area contributed by atoms with Crippen molar-refractivity contribution in [2.75, 3.05) is 0 Å². The lowest BCUT2D eigenvalue weighted by molar-refractivity contribution is 0.0891. The number of aromatic amines is 1. The Balaban J connectivity index is 1.61. The number of hydrogen-bond acceptors (Lipinski definition) is 3. The fraction of sp³-hybridized carbons (Fsp3) is 0.375. The van der Waals surface area contributed by atoms with E-state index in [2.05, 4.69) is 24.1 Å². The van der Waals surface area contributed by atoms with Crippen molar-refractivity contribution in [2.24, 2.45) is 11.8 Å². The first kappa shape index (κ1) is 21.8. The van der Waals surface area contributed by atoms with Gasteiger partial charge in [-0.15, -0.1) is 0 Å². The van der Waals surface area contributed by atoms with E-state index < -0.39 is 0 Å². The standard InChI is InChI=1S/C24H26ClN3O2S/c1-14-4-3-5-20(15(14)2)26-22(29)17-8-11-19-21(12-17)27-24(31)28(23(19)30)13-16-6-9-18(25)10-7-16/h6-12,14-15,20H,3-5,13H2,1-2H3,(H,26,29)(H,27,31). The van der Waals surface area contributed by atoms with Crippen LogP contribution >= 0.6 is 23.8 Å². The van der Waals surface area contributed by atoms with Crippen LogP contribution in [0.1, 0.15) is 49.0 Å². The van der Waals surface area contributed by atoms with E-state index in [-0.39, 0.29) is 17.5 Å². The molecule has 1 aliphatic carbocycles. The Bertz CT molecular complexity index is 1230. The van der Waals surface area contributed by atoms with Crippen LogP contribution in [-0.2, 0) is 6.54 Å². The Morgan fingerprint density at radius 2 is 1.94 bits per heavy atom. The molecular formula is C24H26ClN3O2S. The van der Waals surface area contributed by atoms with Gasteiger partial charge in [-0.3, -0.25) is 14.2 Å². The summed E-state index contributed by atoms with van der Waals surface area (Å²) in [4.78, 5) is 29.0. The molecule has 0 bridgehead atoms. The highest BCUT2D eigenvalue weighted by Crippen LogP contribution is 2.29. The summed E-state index contributed by atoms with van der Waals surface area (Å²) in [5, 5.41) is 4.33. The molecule has 162 valence electrons. The van der Waals surface area contributed by atoms with E-state index in [0.29, 0.717) is 44.6 Å². The second kappa shape index (κ2) is 8.97. The molecule has 4 rings (SSSR count). The molecule has 1 amide bonds. The smallest absolute Gasteiger partial charge is 0.262 e. The molecule has 3 unspecified atom stereocenters. The number of fused-ring (bicyclic) bond motifs is 1. The van der Waals surface area contributed by atoms with Gasteiger partial charge in [-0.05, 0) is 66.4 Å². The molecular weight excluding hydrogens is 430 g/mol. The first-order valence-electron chi connectivity index (χ1n) is 10.7. The molecule has 31 heavy (non-hydrogen) atoms. The Hall–Kier alpha value is -2.44. The maximum absolute atomic E-state index is 13.0. The third kappa shape index (κ3) is 4.60. The summed E-state index contributed by atoms with van der Waals surface area (Å²) >= 11 is 11.4. The van der Waals surface area contributed by atoms with E-state index in [9.17, 15) is 9.59 Å². The average Bonchev–Trinajstić information content (AvgIpc) is 2.75. The molecule has 1 fully saturated rings. The molecule has 1 aliphatic rings. The van der Waals surface area contributed by atoms with E-state index in [4.69, 9.17) is 23.8 Å². The van der Waals surface area contributed by atoms with Crippen LogP contribution in [-0.4, -0.2) is 21.5 Å². The number of benzene rings is 2. The van der Waals surface area contributed by atoms with Crippen LogP contribution in [0, 0.1) is 16.6 Å². The topological polar surface area (TPSA) is 66.9 Å². The zero-order chi connectivity index (χ0) is 22.1. The predicted octanol–water partition coefficient (Wildman–Crippen LogP) is 5.32. The number of carbonyl (C=O) groups excluding carboxylic acids is 1. The van der Waals surface area contributed by atoms with Crippen molar-refractivity contribution in [3.05, 3.63) is 73.7 Å². The van der Waals surface area contributed by atoms with Crippen molar-refractivity contribution in [2.45, 2.75) is 45.7 Å². The Morgan fingerprint density at radius 1 is 1.19 bits per heavy atom. The molecule has 5 nitrogen and oxygen atoms in total. The second-order valence-electron chi connectivity index (χ2n) is 8.56. The van der Waals surface area contributed by atoms with Gasteiger partial charge in [0.05, 0.1) is 17.4 Å². The molecule has 0 aliphatic heterocycles. The van der Waals surface area contributed by atoms with Gasteiger partial charge < -0.3 is 10.3 Å². The first-order chi connectivity index (χ1) is 14.8. The minimum Gasteiger partial charge on any atom is -0.349 e. The molecule has 0 radical (unpaired) electrons. The first-order valence-corrected chi connectivity index (χ1v) is 11.4. The van der Waals surface area contributed by atoms with Crippen molar-refractivity contribution in [3.63, 3.8) is 0 Å². The average molecular weight is 456 g/mol. The summed E-state index contributed by atoms with van der Waals surface area (Å²) in [7, 11) is 0. The normalized spacial score (nSPS) is 21.2. The Morgan fingerprint density at radius 3 is 2.68 bits per heavy atom. The van der Waals surface area contributed by atoms with Gasteiger partial charge in [0.15, 0.2) is 4.77 Å². The fourth-order valence-corrected chi connectivity index (χ4v) is 4.73. The molecule has 0 saturated heterocycles. The van der Waals surface area contributed by atoms with Gasteiger partial charge in [0.25, 0.3) is 11.5 Å². The minimum absolute atomic E-state index is 0.113. The highest BCUT2D eigenvalue weighted by atomic mass is 35.5. The molecule has 0 spiro atoms. The summed E-state index contributed by atoms with van der Waals surface area (Å²) in [6.07, 6.45) is 3.35. The molecule has 2 N–H and O–H groups in total. The largest absolute Gasteiger partial charge is 0.349 e. The van der Waals surface area contributed by atoms with Gasteiger partial charge in [0, 0.05) is 16.6 Å². The molecule has 1 aromatic heterocycles. The molecule has 1 saturated carbocycles. The fourth-order valence-electron chi connectivity index (χ4n) is 4.35. The molecule has 3 atom stereocenters. The number of rotatable bonds is 4. The maximum atomic E-state index is 13.0. The summed E-state index contributed by atoms with van der Waals surface area (Å²) < 4.78 is 1.84. The SMILES string of the molecule is CC1CCCC(NC(=O)c2ccc3c(=O)n(Cc4ccc(Cl)cc4)c(=S)[nH]c3c2)C1C. The summed E-state index contributed by atoms with van der Waals surface area (Å²) in [5.74, 6) is 0.937. The van der Waals surface area contributed by atoms with E-state index in [1.54, 1.807) is 30.3 Å². The van der Waals surface area contributed by atoms with Crippen LogP contribution in [0.15, 0.2) is 47.3 Å². The van der Waals surface area contributed by atoms with Gasteiger partial charge in [0.2, 0.25) is 0 Å². The van der Waals surface area contributed by atoms with Crippen LogP contribution in [0.3, 0.4) is 0 Å². The number of amides is 1. The van der Waals surface area contributed by atoms with Crippen molar-refractivity contribution in [1.82, 2.24) is 14.9 Å². The van der Waals surface area contributed by atoms with Crippen LogP contribution in [0.2, 0.25) is 5.02 Å². The van der Waals surface area contributed by atoms with E-state index in [0.717, 1.165) is 18.4 Å². The second-order valence-corrected chi connectivity index (χ2v) is 9.38. The number of nitrogens with one attached hydrogen (secondary N) is 2. The zero-order valence-corrected chi connectivity index (χ0v) is 19.2. The quantitative estimate of drug-likeness (QED) is 0.523. The van der Waals surface area contributed by atoms with Crippen molar-refractivity contribution in [1.29, 1.82) is 0 Å². The van der Waals surface area contributed by atoms with Crippen LogP contribution in [0.5, 0.6) is 0 Å². The Labute approximate surface area is 191 Å². The van der Waals surface area contributed by atoms with Gasteiger partial charge in [0.1, 0.15) is 0 Å². The van der Waals surface area contributed by atoms with Gasteiger partial charge >= 0.3 is 0 Å². The van der Waals surface area contributed by atoms with Crippen molar-refractivity contribution >= 4 is 40.6 Å². The predicted molar refractivity (Wildman–Crippen MR) is 127 cm³/mol. The molecule has 2 aromatic carbocycles. The van der Waals surface area contributed by atoms with Gasteiger partial charge in [-0.25, -0.2) is 0 Å². The number of halogens is 1. The molecule has 7 heteroatoms. The number of aromatic nitrogens is 2. The van der Waals surface area contributed by atoms with Crippen molar-refractivity contribution in [3.8, 4) is 0 Å². The van der Waals surface area contributed by atoms with E-state index in [1.807, 2.05) is 12.1 Å². The van der Waals surface area contributed by atoms with E-state index >= 15 is 0 Å². The molecule has 3 aromatic rings. The Kier molecular flexibility index (Phi) is 6.30. The third-order valence-corrected chi connectivity index (χ3v) is 7.10. The summed E-state index contributed by atoms with van der Waals surface area (Å²) in [6, 6.07) is 12.6. The zero-order valence-electron chi connectivity index (χ0n) is 17.7. The number of H-pyrrole nitrogens is 1. The highest BCUT2D eigenvalue weighted by Gasteiger charge is 2.28. The van der Waals surface area contributed by atoms with Gasteiger partial charge in [-0.2, -0.15) is 0 Å². The van der Waals surface area contributed by atoms with Crippen LogP contribution in [0.4, 0.5) is 0 Å². The molecule has 1 heterocycles. The third-order valence-electron chi connectivity index (χ3n) is 6.52. The van der Waals surface area contributed by atoms with E-state index in [1.165, 1.54) is 11.0 Å². The van der Waals surface area contributed by atoms with Crippen LogP contribution in [0.25, 0.3) is 10.9 Å². The van der Waals surface area contributed by atoms with Gasteiger partial charge in [-0.1, -0.05) is 50.4 Å².